The quantitative estimate of drug-likeness (QED) is 0.799. The van der Waals surface area contributed by atoms with Gasteiger partial charge in [0.15, 0.2) is 9.84 Å². The Balaban J connectivity index is 1.91. The van der Waals surface area contributed by atoms with Gasteiger partial charge in [-0.1, -0.05) is 30.3 Å². The van der Waals surface area contributed by atoms with Crippen molar-refractivity contribution in [1.29, 1.82) is 0 Å². The molecule has 6 nitrogen and oxygen atoms in total. The van der Waals surface area contributed by atoms with Crippen LogP contribution >= 0.6 is 0 Å². The molecule has 2 rings (SSSR count). The zero-order valence-corrected chi connectivity index (χ0v) is 12.9. The van der Waals surface area contributed by atoms with Crippen LogP contribution in [0.25, 0.3) is 0 Å². The molecule has 7 heteroatoms. The van der Waals surface area contributed by atoms with Crippen molar-refractivity contribution in [3.8, 4) is 0 Å². The lowest BCUT2D eigenvalue weighted by Gasteiger charge is -2.16. The van der Waals surface area contributed by atoms with Crippen molar-refractivity contribution in [2.45, 2.75) is 25.3 Å². The molecule has 1 aromatic carbocycles. The normalized spacial score (nSPS) is 21.2. The second-order valence-corrected chi connectivity index (χ2v) is 7.85. The molecule has 0 aliphatic carbocycles. The predicted octanol–water partition coefficient (Wildman–Crippen LogP) is 0.623. The molecule has 1 aliphatic heterocycles. The van der Waals surface area contributed by atoms with E-state index in [0.717, 1.165) is 5.56 Å². The molecule has 0 radical (unpaired) electrons. The van der Waals surface area contributed by atoms with Gasteiger partial charge >= 0.3 is 5.97 Å². The molecule has 0 spiro atoms. The van der Waals surface area contributed by atoms with Crippen LogP contribution < -0.4 is 5.32 Å². The van der Waals surface area contributed by atoms with Crippen LogP contribution in [0.15, 0.2) is 30.3 Å². The van der Waals surface area contributed by atoms with Crippen molar-refractivity contribution in [3.63, 3.8) is 0 Å². The van der Waals surface area contributed by atoms with E-state index in [2.05, 4.69) is 5.32 Å². The Kier molecular flexibility index (Phi) is 5.18. The Morgan fingerprint density at radius 3 is 2.50 bits per heavy atom. The summed E-state index contributed by atoms with van der Waals surface area (Å²) >= 11 is 0. The van der Waals surface area contributed by atoms with Crippen LogP contribution in [-0.2, 0) is 25.8 Å². The molecule has 0 bridgehead atoms. The van der Waals surface area contributed by atoms with Crippen molar-refractivity contribution >= 4 is 21.7 Å². The average Bonchev–Trinajstić information content (AvgIpc) is 2.78. The number of carbonyl (C=O) groups excluding carboxylic acids is 1. The topological polar surface area (TPSA) is 101 Å². The molecule has 2 atom stereocenters. The third kappa shape index (κ3) is 4.84. The van der Waals surface area contributed by atoms with Crippen molar-refractivity contribution in [2.75, 3.05) is 11.5 Å². The first kappa shape index (κ1) is 16.5. The highest BCUT2D eigenvalue weighted by atomic mass is 32.2. The molecule has 1 fully saturated rings. The lowest BCUT2D eigenvalue weighted by Crippen LogP contribution is -2.42. The van der Waals surface area contributed by atoms with Crippen LogP contribution in [0.1, 0.15) is 18.4 Å². The van der Waals surface area contributed by atoms with Gasteiger partial charge in [0.1, 0.15) is 6.04 Å². The van der Waals surface area contributed by atoms with Crippen molar-refractivity contribution in [3.05, 3.63) is 35.9 Å². The molecule has 1 amide bonds. The number of rotatable bonds is 6. The fourth-order valence-electron chi connectivity index (χ4n) is 2.60. The van der Waals surface area contributed by atoms with E-state index in [0.29, 0.717) is 6.42 Å². The smallest absolute Gasteiger partial charge is 0.326 e. The van der Waals surface area contributed by atoms with Gasteiger partial charge in [-0.15, -0.1) is 0 Å². The minimum Gasteiger partial charge on any atom is -0.480 e. The molecule has 1 saturated heterocycles. The Morgan fingerprint density at radius 2 is 1.95 bits per heavy atom. The monoisotopic (exact) mass is 325 g/mol. The number of benzene rings is 1. The molecule has 0 unspecified atom stereocenters. The maximum absolute atomic E-state index is 11.9. The Morgan fingerprint density at radius 1 is 1.27 bits per heavy atom. The largest absolute Gasteiger partial charge is 0.480 e. The fraction of sp³-hybridized carbons (Fsp3) is 0.467. The van der Waals surface area contributed by atoms with Crippen molar-refractivity contribution in [2.24, 2.45) is 5.92 Å². The van der Waals surface area contributed by atoms with Gasteiger partial charge in [-0.2, -0.15) is 0 Å². The third-order valence-electron chi connectivity index (χ3n) is 3.72. The molecular formula is C15H19NO5S. The molecule has 1 heterocycles. The second-order valence-electron chi connectivity index (χ2n) is 5.62. The van der Waals surface area contributed by atoms with Gasteiger partial charge in [0, 0.05) is 12.8 Å². The van der Waals surface area contributed by atoms with E-state index in [4.69, 9.17) is 0 Å². The summed E-state index contributed by atoms with van der Waals surface area (Å²) in [5.74, 6) is -1.61. The number of hydrogen-bond donors (Lipinski definition) is 2. The van der Waals surface area contributed by atoms with E-state index < -0.39 is 27.8 Å². The summed E-state index contributed by atoms with van der Waals surface area (Å²) in [6, 6.07) is 8.03. The number of carboxylic acids is 1. The summed E-state index contributed by atoms with van der Waals surface area (Å²) in [5.41, 5.74) is 0.818. The fourth-order valence-corrected chi connectivity index (χ4v) is 4.46. The number of carbonyl (C=O) groups is 2. The molecule has 1 aliphatic rings. The first-order chi connectivity index (χ1) is 10.4. The SMILES string of the molecule is O=C(C[C@@H]1CCS(=O)(=O)C1)N[C@@H](Cc1ccccc1)C(=O)O. The van der Waals surface area contributed by atoms with Crippen LogP contribution in [0.2, 0.25) is 0 Å². The van der Waals surface area contributed by atoms with Gasteiger partial charge in [-0.25, -0.2) is 13.2 Å². The van der Waals surface area contributed by atoms with E-state index in [9.17, 15) is 23.1 Å². The van der Waals surface area contributed by atoms with E-state index in [1.165, 1.54) is 0 Å². The van der Waals surface area contributed by atoms with Crippen LogP contribution in [0.5, 0.6) is 0 Å². The van der Waals surface area contributed by atoms with E-state index in [1.54, 1.807) is 24.3 Å². The number of aliphatic carboxylic acids is 1. The molecule has 2 N–H and O–H groups in total. The molecule has 0 saturated carbocycles. The minimum absolute atomic E-state index is 0.0108. The van der Waals surface area contributed by atoms with Gasteiger partial charge in [0.05, 0.1) is 11.5 Å². The van der Waals surface area contributed by atoms with E-state index in [1.807, 2.05) is 6.07 Å². The van der Waals surface area contributed by atoms with Gasteiger partial charge in [0.25, 0.3) is 0 Å². The van der Waals surface area contributed by atoms with Crippen LogP contribution in [0.3, 0.4) is 0 Å². The molecule has 120 valence electrons. The lowest BCUT2D eigenvalue weighted by molar-refractivity contribution is -0.141. The highest BCUT2D eigenvalue weighted by Crippen LogP contribution is 2.21. The zero-order valence-electron chi connectivity index (χ0n) is 12.1. The van der Waals surface area contributed by atoms with Gasteiger partial charge in [-0.05, 0) is 17.9 Å². The number of hydrogen-bond acceptors (Lipinski definition) is 4. The van der Waals surface area contributed by atoms with Crippen LogP contribution in [0, 0.1) is 5.92 Å². The number of carboxylic acid groups (broad SMARTS) is 1. The van der Waals surface area contributed by atoms with Crippen LogP contribution in [-0.4, -0.2) is 42.9 Å². The summed E-state index contributed by atoms with van der Waals surface area (Å²) in [5, 5.41) is 11.7. The second kappa shape index (κ2) is 6.91. The summed E-state index contributed by atoms with van der Waals surface area (Å²) in [6.07, 6.45) is 0.717. The first-order valence-corrected chi connectivity index (χ1v) is 8.94. The first-order valence-electron chi connectivity index (χ1n) is 7.12. The van der Waals surface area contributed by atoms with Crippen LogP contribution in [0.4, 0.5) is 0 Å². The summed E-state index contributed by atoms with van der Waals surface area (Å²) in [4.78, 5) is 23.2. The summed E-state index contributed by atoms with van der Waals surface area (Å²) < 4.78 is 22.7. The summed E-state index contributed by atoms with van der Waals surface area (Å²) in [6.45, 7) is 0. The number of nitrogens with one attached hydrogen (secondary N) is 1. The van der Waals surface area contributed by atoms with Gasteiger partial charge in [-0.3, -0.25) is 4.79 Å². The molecule has 22 heavy (non-hydrogen) atoms. The predicted molar refractivity (Wildman–Crippen MR) is 81.1 cm³/mol. The van der Waals surface area contributed by atoms with Crippen molar-refractivity contribution in [1.82, 2.24) is 5.32 Å². The number of amides is 1. The van der Waals surface area contributed by atoms with Gasteiger partial charge < -0.3 is 10.4 Å². The highest BCUT2D eigenvalue weighted by Gasteiger charge is 2.30. The summed E-state index contributed by atoms with van der Waals surface area (Å²) in [7, 11) is -3.03. The Bertz CT molecular complexity index is 641. The standard InChI is InChI=1S/C15H19NO5S/c17-14(9-12-6-7-22(20,21)10-12)16-13(15(18)19)8-11-4-2-1-3-5-11/h1-5,12-13H,6-10H2,(H,16,17)(H,18,19)/t12-,13-/m0/s1. The Labute approximate surface area is 129 Å². The average molecular weight is 325 g/mol. The van der Waals surface area contributed by atoms with E-state index in [-0.39, 0.29) is 30.3 Å². The zero-order chi connectivity index (χ0) is 16.2. The molecule has 1 aromatic rings. The lowest BCUT2D eigenvalue weighted by atomic mass is 10.0. The number of sulfone groups is 1. The van der Waals surface area contributed by atoms with E-state index >= 15 is 0 Å². The van der Waals surface area contributed by atoms with Crippen molar-refractivity contribution < 1.29 is 23.1 Å². The molecular weight excluding hydrogens is 306 g/mol. The minimum atomic E-state index is -3.03. The third-order valence-corrected chi connectivity index (χ3v) is 5.55. The Hall–Kier alpha value is -1.89. The molecule has 0 aromatic heterocycles. The van der Waals surface area contributed by atoms with Gasteiger partial charge in [0.2, 0.25) is 5.91 Å². The highest BCUT2D eigenvalue weighted by molar-refractivity contribution is 7.91. The maximum Gasteiger partial charge on any atom is 0.326 e. The maximum atomic E-state index is 11.9.